The van der Waals surface area contributed by atoms with E-state index in [1.165, 1.54) is 0 Å². The van der Waals surface area contributed by atoms with Gasteiger partial charge < -0.3 is 9.84 Å². The zero-order chi connectivity index (χ0) is 14.5. The van der Waals surface area contributed by atoms with E-state index in [-0.39, 0.29) is 12.7 Å². The summed E-state index contributed by atoms with van der Waals surface area (Å²) in [4.78, 5) is 17.2. The smallest absolute Gasteiger partial charge is 0.329 e. The summed E-state index contributed by atoms with van der Waals surface area (Å²) in [6.07, 6.45) is 3.58. The number of hydrogen-bond acceptors (Lipinski definition) is 4. The van der Waals surface area contributed by atoms with E-state index in [4.69, 9.17) is 9.84 Å². The fraction of sp³-hybridized carbons (Fsp3) is 0.538. The van der Waals surface area contributed by atoms with Crippen LogP contribution < -0.4 is 0 Å². The number of carbonyl (C=O) groups is 1. The van der Waals surface area contributed by atoms with Crippen molar-refractivity contribution in [3.63, 3.8) is 0 Å². The fourth-order valence-corrected chi connectivity index (χ4v) is 3.31. The second-order valence-electron chi connectivity index (χ2n) is 4.76. The fourth-order valence-electron chi connectivity index (χ4n) is 2.19. The number of ether oxygens (including phenoxy) is 1. The largest absolute Gasteiger partial charge is 0.480 e. The van der Waals surface area contributed by atoms with Crippen LogP contribution in [0, 0.1) is 0 Å². The Balaban J connectivity index is 1.80. The van der Waals surface area contributed by atoms with Crippen molar-refractivity contribution in [1.82, 2.24) is 9.88 Å². The molecule has 1 aromatic rings. The zero-order valence-electron chi connectivity index (χ0n) is 10.9. The molecule has 1 aliphatic rings. The molecule has 20 heavy (non-hydrogen) atoms. The monoisotopic (exact) mass is 406 g/mol. The number of piperidine rings is 1. The molecule has 110 valence electrons. The molecule has 0 bridgehead atoms. The number of carboxylic acid groups (broad SMARTS) is 1. The lowest BCUT2D eigenvalue weighted by atomic mass is 10.1. The third-order valence-corrected chi connectivity index (χ3v) is 4.35. The first-order chi connectivity index (χ1) is 9.54. The number of aromatic nitrogens is 1. The molecule has 7 heteroatoms. The van der Waals surface area contributed by atoms with E-state index in [1.807, 2.05) is 6.07 Å². The van der Waals surface area contributed by atoms with E-state index >= 15 is 0 Å². The summed E-state index contributed by atoms with van der Waals surface area (Å²) in [5.41, 5.74) is 1.01. The van der Waals surface area contributed by atoms with Crippen molar-refractivity contribution in [2.24, 2.45) is 0 Å². The number of aliphatic carboxylic acids is 1. The van der Waals surface area contributed by atoms with E-state index in [0.717, 1.165) is 47.1 Å². The Kier molecular flexibility index (Phi) is 5.95. The first-order valence-corrected chi connectivity index (χ1v) is 7.99. The van der Waals surface area contributed by atoms with Gasteiger partial charge in [0, 0.05) is 34.8 Å². The molecule has 2 rings (SSSR count). The number of likely N-dealkylation sites (tertiary alicyclic amines) is 1. The molecule has 1 aromatic heterocycles. The summed E-state index contributed by atoms with van der Waals surface area (Å²) in [6, 6.07) is 1.99. The molecular weight excluding hydrogens is 392 g/mol. The second kappa shape index (κ2) is 7.49. The lowest BCUT2D eigenvalue weighted by molar-refractivity contribution is -0.145. The molecule has 0 amide bonds. The number of carboxylic acids is 1. The van der Waals surface area contributed by atoms with Gasteiger partial charge in [0.15, 0.2) is 0 Å². The maximum atomic E-state index is 10.5. The predicted molar refractivity (Wildman–Crippen MR) is 81.5 cm³/mol. The Hall–Kier alpha value is -0.500. The molecule has 0 radical (unpaired) electrons. The zero-order valence-corrected chi connectivity index (χ0v) is 14.1. The first kappa shape index (κ1) is 15.9. The topological polar surface area (TPSA) is 62.7 Å². The average molecular weight is 408 g/mol. The Morgan fingerprint density at radius 3 is 2.75 bits per heavy atom. The van der Waals surface area contributed by atoms with Gasteiger partial charge in [0.2, 0.25) is 0 Å². The third-order valence-electron chi connectivity index (χ3n) is 3.23. The average Bonchev–Trinajstić information content (AvgIpc) is 2.41. The molecule has 1 fully saturated rings. The highest BCUT2D eigenvalue weighted by Gasteiger charge is 2.21. The summed E-state index contributed by atoms with van der Waals surface area (Å²) in [6.45, 7) is 2.38. The summed E-state index contributed by atoms with van der Waals surface area (Å²) in [7, 11) is 0. The summed E-state index contributed by atoms with van der Waals surface area (Å²) < 4.78 is 7.27. The standard InChI is InChI=1S/C13H16Br2N2O3/c14-9-5-11(15)12(16-6-9)7-17-3-1-10(2-4-17)20-8-13(18)19/h5-6,10H,1-4,7-8H2,(H,18,19). The molecule has 0 saturated carbocycles. The van der Waals surface area contributed by atoms with Gasteiger partial charge in [-0.1, -0.05) is 0 Å². The van der Waals surface area contributed by atoms with Crippen LogP contribution in [-0.4, -0.2) is 46.8 Å². The van der Waals surface area contributed by atoms with Crippen LogP contribution >= 0.6 is 31.9 Å². The number of hydrogen-bond donors (Lipinski definition) is 1. The van der Waals surface area contributed by atoms with Gasteiger partial charge >= 0.3 is 5.97 Å². The van der Waals surface area contributed by atoms with Gasteiger partial charge in [0.05, 0.1) is 11.8 Å². The minimum Gasteiger partial charge on any atom is -0.480 e. The molecule has 1 N–H and O–H groups in total. The minimum atomic E-state index is -0.907. The highest BCUT2D eigenvalue weighted by Crippen LogP contribution is 2.22. The van der Waals surface area contributed by atoms with E-state index in [9.17, 15) is 4.79 Å². The van der Waals surface area contributed by atoms with Crippen LogP contribution in [0.15, 0.2) is 21.2 Å². The Bertz CT molecular complexity index is 477. The number of halogens is 2. The molecule has 0 aromatic carbocycles. The Morgan fingerprint density at radius 1 is 1.45 bits per heavy atom. The van der Waals surface area contributed by atoms with Gasteiger partial charge in [-0.15, -0.1) is 0 Å². The van der Waals surface area contributed by atoms with Crippen molar-refractivity contribution in [2.75, 3.05) is 19.7 Å². The van der Waals surface area contributed by atoms with Crippen molar-refractivity contribution in [3.8, 4) is 0 Å². The van der Waals surface area contributed by atoms with Crippen LogP contribution in [0.2, 0.25) is 0 Å². The van der Waals surface area contributed by atoms with E-state index in [2.05, 4.69) is 41.7 Å². The molecule has 1 saturated heterocycles. The van der Waals surface area contributed by atoms with Crippen molar-refractivity contribution in [3.05, 3.63) is 26.9 Å². The van der Waals surface area contributed by atoms with Gasteiger partial charge in [0.1, 0.15) is 6.61 Å². The van der Waals surface area contributed by atoms with Crippen LogP contribution in [0.25, 0.3) is 0 Å². The lowest BCUT2D eigenvalue weighted by Gasteiger charge is -2.31. The number of pyridine rings is 1. The number of nitrogens with zero attached hydrogens (tertiary/aromatic N) is 2. The Morgan fingerprint density at radius 2 is 2.15 bits per heavy atom. The predicted octanol–water partition coefficient (Wildman–Crippen LogP) is 2.67. The van der Waals surface area contributed by atoms with Gasteiger partial charge in [-0.25, -0.2) is 4.79 Å². The van der Waals surface area contributed by atoms with E-state index in [0.29, 0.717) is 0 Å². The Labute approximate surface area is 134 Å². The molecule has 0 unspecified atom stereocenters. The third kappa shape index (κ3) is 4.80. The van der Waals surface area contributed by atoms with Crippen molar-refractivity contribution < 1.29 is 14.6 Å². The van der Waals surface area contributed by atoms with Crippen LogP contribution in [0.1, 0.15) is 18.5 Å². The van der Waals surface area contributed by atoms with Crippen LogP contribution in [0.3, 0.4) is 0 Å². The highest BCUT2D eigenvalue weighted by molar-refractivity contribution is 9.11. The van der Waals surface area contributed by atoms with Crippen molar-refractivity contribution in [2.45, 2.75) is 25.5 Å². The lowest BCUT2D eigenvalue weighted by Crippen LogP contribution is -2.37. The quantitative estimate of drug-likeness (QED) is 0.812. The normalized spacial score (nSPS) is 17.3. The van der Waals surface area contributed by atoms with Crippen molar-refractivity contribution in [1.29, 1.82) is 0 Å². The SMILES string of the molecule is O=C(O)COC1CCN(Cc2ncc(Br)cc2Br)CC1. The van der Waals surface area contributed by atoms with E-state index in [1.54, 1.807) is 6.20 Å². The van der Waals surface area contributed by atoms with Crippen LogP contribution in [0.4, 0.5) is 0 Å². The summed E-state index contributed by atoms with van der Waals surface area (Å²) in [5.74, 6) is -0.907. The maximum Gasteiger partial charge on any atom is 0.329 e. The number of rotatable bonds is 5. The first-order valence-electron chi connectivity index (χ1n) is 6.40. The summed E-state index contributed by atoms with van der Waals surface area (Å²) in [5, 5.41) is 8.59. The molecular formula is C13H16Br2N2O3. The summed E-state index contributed by atoms with van der Waals surface area (Å²) >= 11 is 6.91. The highest BCUT2D eigenvalue weighted by atomic mass is 79.9. The van der Waals surface area contributed by atoms with Gasteiger partial charge in [-0.05, 0) is 50.8 Å². The molecule has 0 atom stereocenters. The molecule has 5 nitrogen and oxygen atoms in total. The van der Waals surface area contributed by atoms with E-state index < -0.39 is 5.97 Å². The van der Waals surface area contributed by atoms with Crippen LogP contribution in [0.5, 0.6) is 0 Å². The molecule has 0 spiro atoms. The molecule has 2 heterocycles. The minimum absolute atomic E-state index is 0.0590. The van der Waals surface area contributed by atoms with Gasteiger partial charge in [0.25, 0.3) is 0 Å². The van der Waals surface area contributed by atoms with Gasteiger partial charge in [-0.3, -0.25) is 9.88 Å². The van der Waals surface area contributed by atoms with Crippen molar-refractivity contribution >= 4 is 37.8 Å². The molecule has 0 aliphatic carbocycles. The maximum absolute atomic E-state index is 10.5. The molecule has 1 aliphatic heterocycles. The van der Waals surface area contributed by atoms with Gasteiger partial charge in [-0.2, -0.15) is 0 Å². The van der Waals surface area contributed by atoms with Crippen LogP contribution in [-0.2, 0) is 16.1 Å². The second-order valence-corrected chi connectivity index (χ2v) is 6.53.